The molecule has 4 aliphatic carbocycles. The van der Waals surface area contributed by atoms with E-state index in [4.69, 9.17) is 4.74 Å². The van der Waals surface area contributed by atoms with Crippen LogP contribution in [0.4, 0.5) is 0 Å². The highest BCUT2D eigenvalue weighted by molar-refractivity contribution is 5.08. The molecule has 0 aromatic rings. The van der Waals surface area contributed by atoms with E-state index in [9.17, 15) is 0 Å². The van der Waals surface area contributed by atoms with Crippen molar-refractivity contribution in [3.05, 3.63) is 6.10 Å². The van der Waals surface area contributed by atoms with Crippen molar-refractivity contribution in [3.63, 3.8) is 0 Å². The highest BCUT2D eigenvalue weighted by Gasteiger charge is 2.48. The second kappa shape index (κ2) is 2.47. The Labute approximate surface area is 74.5 Å². The van der Waals surface area contributed by atoms with Gasteiger partial charge in [0.1, 0.15) is 6.10 Å². The minimum atomic E-state index is 0.853. The van der Waals surface area contributed by atoms with E-state index in [1.165, 1.54) is 38.2 Å². The molecule has 1 heteroatoms. The van der Waals surface area contributed by atoms with Crippen molar-refractivity contribution in [1.82, 2.24) is 0 Å². The van der Waals surface area contributed by atoms with Gasteiger partial charge in [-0.1, -0.05) is 0 Å². The van der Waals surface area contributed by atoms with E-state index in [1.54, 1.807) is 0 Å². The minimum absolute atomic E-state index is 0.853. The highest BCUT2D eigenvalue weighted by atomic mass is 16.5. The third-order valence-electron chi connectivity index (χ3n) is 4.18. The Hall–Kier alpha value is -0.0400. The fraction of sp³-hybridized carbons (Fsp3) is 0.909. The van der Waals surface area contributed by atoms with E-state index in [0.717, 1.165) is 23.7 Å². The maximum Gasteiger partial charge on any atom is 0.103 e. The number of methoxy groups -OCH3 is 1. The lowest BCUT2D eigenvalue weighted by molar-refractivity contribution is -0.0411. The molecule has 0 heterocycles. The van der Waals surface area contributed by atoms with Gasteiger partial charge < -0.3 is 4.74 Å². The van der Waals surface area contributed by atoms with E-state index in [2.05, 4.69) is 0 Å². The molecule has 0 N–H and O–H groups in total. The first-order chi connectivity index (χ1) is 5.86. The third-order valence-corrected chi connectivity index (χ3v) is 4.18. The Bertz CT molecular complexity index is 159. The van der Waals surface area contributed by atoms with Crippen LogP contribution in [0, 0.1) is 29.8 Å². The lowest BCUT2D eigenvalue weighted by Crippen LogP contribution is -2.44. The molecule has 12 heavy (non-hydrogen) atoms. The smallest absolute Gasteiger partial charge is 0.103 e. The Balaban J connectivity index is 1.86. The maximum absolute atomic E-state index is 5.54. The Kier molecular flexibility index (Phi) is 1.52. The van der Waals surface area contributed by atoms with Crippen molar-refractivity contribution in [2.75, 3.05) is 7.11 Å². The minimum Gasteiger partial charge on any atom is -0.375 e. The predicted molar refractivity (Wildman–Crippen MR) is 47.3 cm³/mol. The third kappa shape index (κ3) is 0.891. The molecule has 0 aromatic carbocycles. The first-order valence-electron chi connectivity index (χ1n) is 5.27. The first-order valence-corrected chi connectivity index (χ1v) is 5.27. The van der Waals surface area contributed by atoms with Gasteiger partial charge in [-0.05, 0) is 55.8 Å². The van der Waals surface area contributed by atoms with Crippen LogP contribution in [0.1, 0.15) is 32.1 Å². The molecule has 4 bridgehead atoms. The molecule has 0 spiro atoms. The van der Waals surface area contributed by atoms with Gasteiger partial charge in [-0.3, -0.25) is 0 Å². The molecule has 4 fully saturated rings. The standard InChI is InChI=1S/C11H17O/c1-12-11-9-3-7-2-8(5-9)6-10(11)4-7/h7-10H,2-6H2,1H3. The number of rotatable bonds is 1. The molecule has 1 radical (unpaired) electrons. The van der Waals surface area contributed by atoms with Crippen LogP contribution in [0.5, 0.6) is 0 Å². The van der Waals surface area contributed by atoms with E-state index in [1.807, 2.05) is 7.11 Å². The van der Waals surface area contributed by atoms with Crippen LogP contribution in [0.3, 0.4) is 0 Å². The Morgan fingerprint density at radius 2 is 1.42 bits per heavy atom. The molecular weight excluding hydrogens is 148 g/mol. The van der Waals surface area contributed by atoms with Crippen molar-refractivity contribution in [1.29, 1.82) is 0 Å². The summed E-state index contributed by atoms with van der Waals surface area (Å²) in [7, 11) is 1.87. The van der Waals surface area contributed by atoms with Crippen molar-refractivity contribution in [3.8, 4) is 0 Å². The Morgan fingerprint density at radius 3 is 1.83 bits per heavy atom. The molecule has 4 aliphatic rings. The summed E-state index contributed by atoms with van der Waals surface area (Å²) >= 11 is 0. The van der Waals surface area contributed by atoms with Gasteiger partial charge in [-0.2, -0.15) is 0 Å². The van der Waals surface area contributed by atoms with Gasteiger partial charge in [-0.15, -0.1) is 0 Å². The topological polar surface area (TPSA) is 9.23 Å². The molecule has 4 saturated carbocycles. The number of hydrogen-bond donors (Lipinski definition) is 0. The van der Waals surface area contributed by atoms with Gasteiger partial charge in [0.05, 0.1) is 0 Å². The number of hydrogen-bond acceptors (Lipinski definition) is 1. The van der Waals surface area contributed by atoms with Crippen molar-refractivity contribution in [2.45, 2.75) is 32.1 Å². The molecule has 0 amide bonds. The normalized spacial score (nSPS) is 51.8. The van der Waals surface area contributed by atoms with E-state index in [-0.39, 0.29) is 0 Å². The van der Waals surface area contributed by atoms with Crippen LogP contribution >= 0.6 is 0 Å². The van der Waals surface area contributed by atoms with Gasteiger partial charge in [0, 0.05) is 7.11 Å². The molecule has 0 saturated heterocycles. The summed E-state index contributed by atoms with van der Waals surface area (Å²) in [6.45, 7) is 0. The van der Waals surface area contributed by atoms with Gasteiger partial charge in [0.15, 0.2) is 0 Å². The van der Waals surface area contributed by atoms with E-state index < -0.39 is 0 Å². The SMILES string of the molecule is CO[C]1C2CC3CC(C2)CC1C3. The number of ether oxygens (including phenoxy) is 1. The second-order valence-corrected chi connectivity index (χ2v) is 4.91. The molecule has 0 aliphatic heterocycles. The van der Waals surface area contributed by atoms with Crippen molar-refractivity contribution < 1.29 is 4.74 Å². The average Bonchev–Trinajstić information content (AvgIpc) is 2.02. The zero-order chi connectivity index (χ0) is 8.13. The van der Waals surface area contributed by atoms with Gasteiger partial charge >= 0.3 is 0 Å². The van der Waals surface area contributed by atoms with E-state index in [0.29, 0.717) is 0 Å². The van der Waals surface area contributed by atoms with Gasteiger partial charge in [0.25, 0.3) is 0 Å². The van der Waals surface area contributed by atoms with Crippen LogP contribution in [0.25, 0.3) is 0 Å². The summed E-state index contributed by atoms with van der Waals surface area (Å²) in [5.74, 6) is 3.83. The van der Waals surface area contributed by atoms with Crippen LogP contribution in [0.2, 0.25) is 0 Å². The molecular formula is C11H17O. The molecule has 0 unspecified atom stereocenters. The summed E-state index contributed by atoms with van der Waals surface area (Å²) in [6, 6.07) is 0. The summed E-state index contributed by atoms with van der Waals surface area (Å²) in [5.41, 5.74) is 0. The Morgan fingerprint density at radius 1 is 0.917 bits per heavy atom. The van der Waals surface area contributed by atoms with Crippen LogP contribution < -0.4 is 0 Å². The molecule has 4 rings (SSSR count). The van der Waals surface area contributed by atoms with Crippen LogP contribution in [-0.4, -0.2) is 7.11 Å². The predicted octanol–water partition coefficient (Wildman–Crippen LogP) is 2.62. The molecule has 1 nitrogen and oxygen atoms in total. The first kappa shape index (κ1) is 7.37. The average molecular weight is 165 g/mol. The van der Waals surface area contributed by atoms with Gasteiger partial charge in [0.2, 0.25) is 0 Å². The summed E-state index contributed by atoms with van der Waals surface area (Å²) in [6.07, 6.45) is 8.75. The quantitative estimate of drug-likeness (QED) is 0.580. The monoisotopic (exact) mass is 165 g/mol. The van der Waals surface area contributed by atoms with Gasteiger partial charge in [-0.25, -0.2) is 0 Å². The summed E-state index contributed by atoms with van der Waals surface area (Å²) in [5, 5.41) is 0. The summed E-state index contributed by atoms with van der Waals surface area (Å²) < 4.78 is 5.54. The van der Waals surface area contributed by atoms with Crippen molar-refractivity contribution >= 4 is 0 Å². The molecule has 0 atom stereocenters. The summed E-state index contributed by atoms with van der Waals surface area (Å²) in [4.78, 5) is 0. The molecule has 67 valence electrons. The highest BCUT2D eigenvalue weighted by Crippen LogP contribution is 2.57. The molecule has 0 aromatic heterocycles. The lowest BCUT2D eigenvalue weighted by Gasteiger charge is -2.53. The second-order valence-electron chi connectivity index (χ2n) is 4.91. The largest absolute Gasteiger partial charge is 0.375 e. The maximum atomic E-state index is 5.54. The fourth-order valence-corrected chi connectivity index (χ4v) is 3.98. The zero-order valence-electron chi connectivity index (χ0n) is 7.75. The van der Waals surface area contributed by atoms with Crippen LogP contribution in [0.15, 0.2) is 0 Å². The van der Waals surface area contributed by atoms with E-state index >= 15 is 0 Å². The fourth-order valence-electron chi connectivity index (χ4n) is 3.98. The van der Waals surface area contributed by atoms with Crippen molar-refractivity contribution in [2.24, 2.45) is 23.7 Å². The zero-order valence-corrected chi connectivity index (χ0v) is 7.75. The van der Waals surface area contributed by atoms with Crippen LogP contribution in [-0.2, 0) is 4.74 Å². The lowest BCUT2D eigenvalue weighted by atomic mass is 9.55.